The van der Waals surface area contributed by atoms with Crippen molar-refractivity contribution >= 4 is 38.2 Å². The second-order valence-electron chi connectivity index (χ2n) is 8.08. The molecule has 2 amide bonds. The van der Waals surface area contributed by atoms with Crippen molar-refractivity contribution in [3.8, 4) is 11.3 Å². The van der Waals surface area contributed by atoms with Gasteiger partial charge in [-0.05, 0) is 50.5 Å². The Morgan fingerprint density at radius 2 is 1.85 bits per heavy atom. The van der Waals surface area contributed by atoms with Gasteiger partial charge in [-0.3, -0.25) is 14.8 Å². The molecule has 0 spiro atoms. The van der Waals surface area contributed by atoms with Gasteiger partial charge < -0.3 is 0 Å². The van der Waals surface area contributed by atoms with E-state index < -0.39 is 15.8 Å². The zero-order chi connectivity index (χ0) is 23.2. The highest BCUT2D eigenvalue weighted by Gasteiger charge is 2.34. The third kappa shape index (κ3) is 4.35. The molecule has 2 aromatic heterocycles. The molecular formula is C22H22FN5O3S2. The lowest BCUT2D eigenvalue weighted by molar-refractivity contribution is 0.248. The second kappa shape index (κ2) is 8.47. The number of anilines is 2. The largest absolute Gasteiger partial charge is 0.330 e. The van der Waals surface area contributed by atoms with Crippen LogP contribution in [0.4, 0.5) is 20.0 Å². The highest BCUT2D eigenvalue weighted by atomic mass is 32.2. The molecule has 0 atom stereocenters. The number of benzene rings is 1. The molecule has 5 rings (SSSR count). The van der Waals surface area contributed by atoms with E-state index in [0.717, 1.165) is 24.2 Å². The fraction of sp³-hybridized carbons (Fsp3) is 0.318. The molecule has 11 heteroatoms. The quantitative estimate of drug-likeness (QED) is 0.568. The number of pyridine rings is 1. The number of urea groups is 1. The van der Waals surface area contributed by atoms with Crippen LogP contribution >= 0.6 is 11.3 Å². The Hall–Kier alpha value is -2.89. The van der Waals surface area contributed by atoms with Crippen molar-refractivity contribution < 1.29 is 17.6 Å². The zero-order valence-electron chi connectivity index (χ0n) is 17.9. The maximum Gasteiger partial charge on any atom is 0.330 e. The average Bonchev–Trinajstić information content (AvgIpc) is 3.51. The molecule has 8 nitrogen and oxygen atoms in total. The Balaban J connectivity index is 1.38. The van der Waals surface area contributed by atoms with Gasteiger partial charge in [-0.25, -0.2) is 27.3 Å². The minimum absolute atomic E-state index is 0.00501. The predicted molar refractivity (Wildman–Crippen MR) is 125 cm³/mol. The summed E-state index contributed by atoms with van der Waals surface area (Å²) in [6, 6.07) is 9.59. The Morgan fingerprint density at radius 1 is 1.12 bits per heavy atom. The molecule has 33 heavy (non-hydrogen) atoms. The molecule has 0 unspecified atom stereocenters. The van der Waals surface area contributed by atoms with Crippen LogP contribution in [0.15, 0.2) is 46.8 Å². The monoisotopic (exact) mass is 487 g/mol. The van der Waals surface area contributed by atoms with Crippen molar-refractivity contribution in [2.75, 3.05) is 22.9 Å². The second-order valence-corrected chi connectivity index (χ2v) is 11.0. The van der Waals surface area contributed by atoms with Crippen LogP contribution in [0.25, 0.3) is 11.3 Å². The fourth-order valence-corrected chi connectivity index (χ4v) is 6.59. The van der Waals surface area contributed by atoms with E-state index in [0.29, 0.717) is 41.6 Å². The lowest BCUT2D eigenvalue weighted by Gasteiger charge is -2.34. The van der Waals surface area contributed by atoms with Crippen LogP contribution in [-0.2, 0) is 10.0 Å². The standard InChI is InChI=1S/C22H22FN5O3S2/c1-14-20(33(30,31)26-16-7-8-16)32-21(25-14)28-13-3-12-27(22(28)29)17-9-5-15(6-10-17)19-18(23)4-2-11-24-19/h2,4-6,9-11,16,26H,3,7-8,12-13H2,1H3. The number of rotatable bonds is 6. The highest BCUT2D eigenvalue weighted by molar-refractivity contribution is 7.91. The van der Waals surface area contributed by atoms with Crippen molar-refractivity contribution in [3.05, 3.63) is 54.1 Å². The van der Waals surface area contributed by atoms with Crippen molar-refractivity contribution in [1.82, 2.24) is 14.7 Å². The number of nitrogens with one attached hydrogen (secondary N) is 1. The average molecular weight is 488 g/mol. The van der Waals surface area contributed by atoms with Gasteiger partial charge >= 0.3 is 6.03 Å². The van der Waals surface area contributed by atoms with E-state index in [1.165, 1.54) is 23.2 Å². The summed E-state index contributed by atoms with van der Waals surface area (Å²) in [5, 5.41) is 0.366. The topological polar surface area (TPSA) is 95.5 Å². The maximum absolute atomic E-state index is 14.0. The van der Waals surface area contributed by atoms with Crippen LogP contribution in [-0.4, -0.2) is 43.5 Å². The van der Waals surface area contributed by atoms with E-state index >= 15 is 0 Å². The molecule has 1 aliphatic heterocycles. The number of carbonyl (C=O) groups excluding carboxylic acids is 1. The first kappa shape index (κ1) is 21.9. The molecule has 0 bridgehead atoms. The number of thiazole rings is 1. The van der Waals surface area contributed by atoms with Crippen molar-refractivity contribution in [2.45, 2.75) is 36.4 Å². The first-order valence-corrected chi connectivity index (χ1v) is 12.9. The van der Waals surface area contributed by atoms with E-state index in [9.17, 15) is 17.6 Å². The molecule has 1 aromatic carbocycles. The van der Waals surface area contributed by atoms with Gasteiger partial charge in [0.1, 0.15) is 11.5 Å². The van der Waals surface area contributed by atoms with E-state index in [4.69, 9.17) is 0 Å². The highest BCUT2D eigenvalue weighted by Crippen LogP contribution is 2.34. The lowest BCUT2D eigenvalue weighted by Crippen LogP contribution is -2.49. The Bertz CT molecular complexity index is 1310. The van der Waals surface area contributed by atoms with Crippen molar-refractivity contribution in [2.24, 2.45) is 0 Å². The normalized spacial score (nSPS) is 17.0. The van der Waals surface area contributed by atoms with Crippen LogP contribution in [0.2, 0.25) is 0 Å². The van der Waals surface area contributed by atoms with Crippen LogP contribution in [0.5, 0.6) is 0 Å². The summed E-state index contributed by atoms with van der Waals surface area (Å²) >= 11 is 1.01. The minimum atomic E-state index is -3.65. The Morgan fingerprint density at radius 3 is 2.55 bits per heavy atom. The smallest absolute Gasteiger partial charge is 0.294 e. The van der Waals surface area contributed by atoms with Gasteiger partial charge in [-0.15, -0.1) is 0 Å². The first-order chi connectivity index (χ1) is 15.8. The van der Waals surface area contributed by atoms with E-state index in [1.54, 1.807) is 36.1 Å². The molecule has 1 saturated carbocycles. The number of halogens is 1. The summed E-state index contributed by atoms with van der Waals surface area (Å²) in [6.07, 6.45) is 3.91. The number of amides is 2. The minimum Gasteiger partial charge on any atom is -0.294 e. The number of hydrogen-bond acceptors (Lipinski definition) is 6. The van der Waals surface area contributed by atoms with E-state index in [-0.39, 0.29) is 22.0 Å². The van der Waals surface area contributed by atoms with E-state index in [1.807, 2.05) is 0 Å². The summed E-state index contributed by atoms with van der Waals surface area (Å²) in [6.45, 7) is 2.61. The molecule has 2 fully saturated rings. The molecule has 1 aliphatic carbocycles. The number of nitrogens with zero attached hydrogens (tertiary/aromatic N) is 4. The van der Waals surface area contributed by atoms with Crippen molar-refractivity contribution in [3.63, 3.8) is 0 Å². The SMILES string of the molecule is Cc1nc(N2CCCN(c3ccc(-c4ncccc4F)cc3)C2=O)sc1S(=O)(=O)NC1CC1. The van der Waals surface area contributed by atoms with Gasteiger partial charge in [0.2, 0.25) is 0 Å². The Kier molecular flexibility index (Phi) is 5.63. The third-order valence-corrected chi connectivity index (χ3v) is 8.86. The summed E-state index contributed by atoms with van der Waals surface area (Å²) in [5.41, 5.74) is 1.92. The van der Waals surface area contributed by atoms with Crippen LogP contribution in [0, 0.1) is 12.7 Å². The van der Waals surface area contributed by atoms with Gasteiger partial charge in [-0.2, -0.15) is 0 Å². The third-order valence-electron chi connectivity index (χ3n) is 5.55. The number of carbonyl (C=O) groups is 1. The van der Waals surface area contributed by atoms with Gasteiger partial charge in [0.05, 0.1) is 5.69 Å². The first-order valence-electron chi connectivity index (χ1n) is 10.6. The predicted octanol–water partition coefficient (Wildman–Crippen LogP) is 3.93. The number of sulfonamides is 1. The summed E-state index contributed by atoms with van der Waals surface area (Å²) < 4.78 is 42.2. The number of hydrogen-bond donors (Lipinski definition) is 1. The summed E-state index contributed by atoms with van der Waals surface area (Å²) in [5.74, 6) is -0.411. The molecule has 2 aliphatic rings. The molecule has 1 N–H and O–H groups in total. The van der Waals surface area contributed by atoms with Gasteiger partial charge in [-0.1, -0.05) is 23.5 Å². The number of aromatic nitrogens is 2. The molecular weight excluding hydrogens is 465 g/mol. The Labute approximate surface area is 195 Å². The van der Waals surface area contributed by atoms with Gasteiger partial charge in [0.15, 0.2) is 9.34 Å². The molecule has 3 heterocycles. The summed E-state index contributed by atoms with van der Waals surface area (Å²) in [7, 11) is -3.65. The fourth-order valence-electron chi connectivity index (χ4n) is 3.75. The van der Waals surface area contributed by atoms with Gasteiger partial charge in [0.25, 0.3) is 10.0 Å². The van der Waals surface area contributed by atoms with Crippen LogP contribution in [0.3, 0.4) is 0 Å². The zero-order valence-corrected chi connectivity index (χ0v) is 19.5. The molecule has 3 aromatic rings. The molecule has 172 valence electrons. The van der Waals surface area contributed by atoms with Gasteiger partial charge in [0, 0.05) is 36.6 Å². The maximum atomic E-state index is 14.0. The summed E-state index contributed by atoms with van der Waals surface area (Å²) in [4.78, 5) is 24.9. The van der Waals surface area contributed by atoms with Crippen LogP contribution < -0.4 is 14.5 Å². The number of aryl methyl sites for hydroxylation is 1. The molecule has 0 radical (unpaired) electrons. The lowest BCUT2D eigenvalue weighted by atomic mass is 10.1. The van der Waals surface area contributed by atoms with E-state index in [2.05, 4.69) is 14.7 Å². The molecule has 1 saturated heterocycles. The van der Waals surface area contributed by atoms with Crippen LogP contribution in [0.1, 0.15) is 25.0 Å². The van der Waals surface area contributed by atoms with Crippen molar-refractivity contribution in [1.29, 1.82) is 0 Å².